The van der Waals surface area contributed by atoms with E-state index in [9.17, 15) is 9.18 Å². The van der Waals surface area contributed by atoms with E-state index in [4.69, 9.17) is 20.3 Å². The molecule has 2 rings (SSSR count). The second-order valence-corrected chi connectivity index (χ2v) is 4.02. The van der Waals surface area contributed by atoms with Crippen LogP contribution in [-0.4, -0.2) is 24.3 Å². The van der Waals surface area contributed by atoms with Gasteiger partial charge in [-0.1, -0.05) is 0 Å². The van der Waals surface area contributed by atoms with Gasteiger partial charge in [-0.25, -0.2) is 4.39 Å². The van der Waals surface area contributed by atoms with Gasteiger partial charge in [0.25, 0.3) is 0 Å². The van der Waals surface area contributed by atoms with Crippen LogP contribution in [0.3, 0.4) is 0 Å². The number of aliphatic carboxylic acids is 1. The van der Waals surface area contributed by atoms with Crippen molar-refractivity contribution in [2.24, 2.45) is 5.73 Å². The highest BCUT2D eigenvalue weighted by atomic mass is 19.1. The topological polar surface area (TPSA) is 81.8 Å². The van der Waals surface area contributed by atoms with Crippen molar-refractivity contribution in [3.8, 4) is 11.5 Å². The summed E-state index contributed by atoms with van der Waals surface area (Å²) in [5.41, 5.74) is 6.02. The standard InChI is InChI=1S/C12H14FNO4/c13-7-1-3-9-12(18-6-5-17-9)11(7)8(14)2-4-10(15)16/h1,3,8H,2,4-6,14H2,(H,15,16). The molecule has 1 unspecified atom stereocenters. The summed E-state index contributed by atoms with van der Waals surface area (Å²) >= 11 is 0. The van der Waals surface area contributed by atoms with Crippen molar-refractivity contribution in [1.29, 1.82) is 0 Å². The first kappa shape index (κ1) is 12.6. The molecule has 1 heterocycles. The van der Waals surface area contributed by atoms with Gasteiger partial charge in [-0.15, -0.1) is 0 Å². The fraction of sp³-hybridized carbons (Fsp3) is 0.417. The van der Waals surface area contributed by atoms with Gasteiger partial charge in [0.2, 0.25) is 0 Å². The second-order valence-electron chi connectivity index (χ2n) is 4.02. The monoisotopic (exact) mass is 255 g/mol. The van der Waals surface area contributed by atoms with Crippen LogP contribution in [0.25, 0.3) is 0 Å². The van der Waals surface area contributed by atoms with E-state index in [1.54, 1.807) is 0 Å². The van der Waals surface area contributed by atoms with E-state index >= 15 is 0 Å². The molecule has 1 atom stereocenters. The second kappa shape index (κ2) is 5.22. The van der Waals surface area contributed by atoms with Gasteiger partial charge >= 0.3 is 5.97 Å². The molecule has 18 heavy (non-hydrogen) atoms. The van der Waals surface area contributed by atoms with Crippen LogP contribution in [0.4, 0.5) is 4.39 Å². The van der Waals surface area contributed by atoms with E-state index in [0.717, 1.165) is 0 Å². The third-order valence-corrected chi connectivity index (χ3v) is 2.73. The minimum Gasteiger partial charge on any atom is -0.486 e. The number of hydrogen-bond donors (Lipinski definition) is 2. The number of benzene rings is 1. The molecule has 6 heteroatoms. The Morgan fingerprint density at radius 2 is 2.17 bits per heavy atom. The van der Waals surface area contributed by atoms with Crippen molar-refractivity contribution in [2.75, 3.05) is 13.2 Å². The molecule has 98 valence electrons. The van der Waals surface area contributed by atoms with Crippen molar-refractivity contribution < 1.29 is 23.8 Å². The van der Waals surface area contributed by atoms with E-state index in [2.05, 4.69) is 0 Å². The fourth-order valence-electron chi connectivity index (χ4n) is 1.88. The summed E-state index contributed by atoms with van der Waals surface area (Å²) in [5, 5.41) is 8.61. The number of carboxylic acid groups (broad SMARTS) is 1. The summed E-state index contributed by atoms with van der Waals surface area (Å²) in [6, 6.07) is 2.01. The molecule has 0 spiro atoms. The molecule has 1 aromatic rings. The number of carbonyl (C=O) groups is 1. The molecule has 3 N–H and O–H groups in total. The van der Waals surface area contributed by atoms with Crippen LogP contribution in [0.15, 0.2) is 12.1 Å². The number of nitrogens with two attached hydrogens (primary N) is 1. The van der Waals surface area contributed by atoms with Crippen molar-refractivity contribution in [2.45, 2.75) is 18.9 Å². The summed E-state index contributed by atoms with van der Waals surface area (Å²) in [4.78, 5) is 10.5. The summed E-state index contributed by atoms with van der Waals surface area (Å²) in [6.45, 7) is 0.734. The minimum absolute atomic E-state index is 0.120. The maximum absolute atomic E-state index is 13.8. The lowest BCUT2D eigenvalue weighted by molar-refractivity contribution is -0.137. The normalized spacial score (nSPS) is 15.2. The van der Waals surface area contributed by atoms with Gasteiger partial charge in [0.05, 0.1) is 5.56 Å². The molecule has 0 bridgehead atoms. The summed E-state index contributed by atoms with van der Waals surface area (Å²) in [6.07, 6.45) is 0.0250. The third-order valence-electron chi connectivity index (χ3n) is 2.73. The zero-order chi connectivity index (χ0) is 13.1. The number of carboxylic acids is 1. The number of fused-ring (bicyclic) bond motifs is 1. The van der Waals surface area contributed by atoms with Gasteiger partial charge in [-0.3, -0.25) is 4.79 Å². The van der Waals surface area contributed by atoms with Crippen LogP contribution in [0.1, 0.15) is 24.4 Å². The van der Waals surface area contributed by atoms with Crippen LogP contribution in [0.2, 0.25) is 0 Å². The molecular weight excluding hydrogens is 241 g/mol. The molecule has 0 aromatic heterocycles. The average molecular weight is 255 g/mol. The Morgan fingerprint density at radius 1 is 1.44 bits per heavy atom. The largest absolute Gasteiger partial charge is 0.486 e. The summed E-state index contributed by atoms with van der Waals surface area (Å²) in [7, 11) is 0. The number of rotatable bonds is 4. The highest BCUT2D eigenvalue weighted by Crippen LogP contribution is 2.39. The Balaban J connectivity index is 2.27. The lowest BCUT2D eigenvalue weighted by Crippen LogP contribution is -2.21. The zero-order valence-corrected chi connectivity index (χ0v) is 9.69. The number of halogens is 1. The first-order valence-corrected chi connectivity index (χ1v) is 5.65. The third kappa shape index (κ3) is 2.53. The van der Waals surface area contributed by atoms with Crippen LogP contribution >= 0.6 is 0 Å². The lowest BCUT2D eigenvalue weighted by Gasteiger charge is -2.23. The van der Waals surface area contributed by atoms with E-state index < -0.39 is 17.8 Å². The average Bonchev–Trinajstić information content (AvgIpc) is 2.36. The van der Waals surface area contributed by atoms with Crippen LogP contribution in [0.5, 0.6) is 11.5 Å². The molecule has 5 nitrogen and oxygen atoms in total. The predicted molar refractivity (Wildman–Crippen MR) is 61.2 cm³/mol. The Hall–Kier alpha value is -1.82. The smallest absolute Gasteiger partial charge is 0.303 e. The molecule has 0 saturated heterocycles. The number of hydrogen-bond acceptors (Lipinski definition) is 4. The Kier molecular flexibility index (Phi) is 3.66. The van der Waals surface area contributed by atoms with Gasteiger partial charge in [0, 0.05) is 12.5 Å². The minimum atomic E-state index is -0.965. The van der Waals surface area contributed by atoms with Gasteiger partial charge in [0.15, 0.2) is 11.5 Å². The summed E-state index contributed by atoms with van der Waals surface area (Å²) in [5.74, 6) is -0.729. The molecule has 0 fully saturated rings. The zero-order valence-electron chi connectivity index (χ0n) is 9.69. The van der Waals surface area contributed by atoms with Crippen molar-refractivity contribution in [3.63, 3.8) is 0 Å². The van der Waals surface area contributed by atoms with Crippen molar-refractivity contribution in [1.82, 2.24) is 0 Å². The highest BCUT2D eigenvalue weighted by Gasteiger charge is 2.24. The van der Waals surface area contributed by atoms with Crippen LogP contribution < -0.4 is 15.2 Å². The molecule has 1 aliphatic heterocycles. The SMILES string of the molecule is NC(CCC(=O)O)c1c(F)ccc2c1OCCO2. The van der Waals surface area contributed by atoms with Gasteiger partial charge in [-0.2, -0.15) is 0 Å². The molecular formula is C12H14FNO4. The molecule has 0 radical (unpaired) electrons. The maximum atomic E-state index is 13.8. The Morgan fingerprint density at radius 3 is 2.89 bits per heavy atom. The number of ether oxygens (including phenoxy) is 2. The molecule has 0 amide bonds. The molecule has 0 aliphatic carbocycles. The predicted octanol–water partition coefficient (Wildman–Crippen LogP) is 1.46. The van der Waals surface area contributed by atoms with E-state index in [1.807, 2.05) is 0 Å². The maximum Gasteiger partial charge on any atom is 0.303 e. The van der Waals surface area contributed by atoms with Crippen molar-refractivity contribution >= 4 is 5.97 Å². The van der Waals surface area contributed by atoms with Crippen LogP contribution in [-0.2, 0) is 4.79 Å². The van der Waals surface area contributed by atoms with Gasteiger partial charge < -0.3 is 20.3 Å². The Bertz CT molecular complexity index is 464. The van der Waals surface area contributed by atoms with E-state index in [0.29, 0.717) is 24.7 Å². The first-order chi connectivity index (χ1) is 8.59. The summed E-state index contributed by atoms with van der Waals surface area (Å²) < 4.78 is 24.5. The fourth-order valence-corrected chi connectivity index (χ4v) is 1.88. The van der Waals surface area contributed by atoms with Crippen LogP contribution in [0, 0.1) is 5.82 Å². The van der Waals surface area contributed by atoms with E-state index in [1.165, 1.54) is 12.1 Å². The van der Waals surface area contributed by atoms with Gasteiger partial charge in [-0.05, 0) is 18.6 Å². The first-order valence-electron chi connectivity index (χ1n) is 5.65. The molecule has 1 aromatic carbocycles. The van der Waals surface area contributed by atoms with E-state index in [-0.39, 0.29) is 18.4 Å². The van der Waals surface area contributed by atoms with Gasteiger partial charge in [0.1, 0.15) is 19.0 Å². The van der Waals surface area contributed by atoms with Crippen molar-refractivity contribution in [3.05, 3.63) is 23.5 Å². The molecule has 0 saturated carbocycles. The Labute approximate surface area is 103 Å². The highest BCUT2D eigenvalue weighted by molar-refractivity contribution is 5.66. The molecule has 1 aliphatic rings. The lowest BCUT2D eigenvalue weighted by atomic mass is 10.0. The quantitative estimate of drug-likeness (QED) is 0.851.